The standard InChI is InChI=1S/C7H11F2N5/c1-4-2-6(11-3-5(8)9)13-7(12-4)14-10/h2,5H,3,10H2,1H3,(H2,11,12,13,14). The second kappa shape index (κ2) is 4.66. The van der Waals surface area contributed by atoms with Crippen molar-refractivity contribution in [3.05, 3.63) is 11.8 Å². The quantitative estimate of drug-likeness (QED) is 0.497. The minimum Gasteiger partial charge on any atom is -0.364 e. The number of hydrogen-bond acceptors (Lipinski definition) is 5. The second-order valence-electron chi connectivity index (χ2n) is 2.63. The van der Waals surface area contributed by atoms with Crippen molar-refractivity contribution in [2.24, 2.45) is 5.84 Å². The molecule has 1 heterocycles. The van der Waals surface area contributed by atoms with Crippen molar-refractivity contribution < 1.29 is 8.78 Å². The normalized spacial score (nSPS) is 10.4. The molecule has 0 aromatic carbocycles. The van der Waals surface area contributed by atoms with E-state index in [9.17, 15) is 8.78 Å². The van der Waals surface area contributed by atoms with Crippen LogP contribution in [0.4, 0.5) is 20.5 Å². The van der Waals surface area contributed by atoms with Gasteiger partial charge in [0.15, 0.2) is 0 Å². The summed E-state index contributed by atoms with van der Waals surface area (Å²) >= 11 is 0. The number of aromatic nitrogens is 2. The average Bonchev–Trinajstić information content (AvgIpc) is 2.14. The number of hydrazine groups is 1. The monoisotopic (exact) mass is 203 g/mol. The van der Waals surface area contributed by atoms with Crippen molar-refractivity contribution in [1.29, 1.82) is 0 Å². The van der Waals surface area contributed by atoms with Gasteiger partial charge < -0.3 is 5.32 Å². The van der Waals surface area contributed by atoms with Crippen LogP contribution in [0.2, 0.25) is 0 Å². The molecule has 1 aromatic rings. The molecular formula is C7H11F2N5. The first-order valence-corrected chi connectivity index (χ1v) is 3.96. The Labute approximate surface area is 79.7 Å². The molecule has 0 atom stereocenters. The van der Waals surface area contributed by atoms with Crippen LogP contribution in [0.5, 0.6) is 0 Å². The van der Waals surface area contributed by atoms with Gasteiger partial charge in [-0.3, -0.25) is 5.43 Å². The predicted octanol–water partition coefficient (Wildman–Crippen LogP) is 0.748. The zero-order chi connectivity index (χ0) is 10.6. The van der Waals surface area contributed by atoms with Crippen LogP contribution < -0.4 is 16.6 Å². The molecule has 0 saturated heterocycles. The second-order valence-corrected chi connectivity index (χ2v) is 2.63. The van der Waals surface area contributed by atoms with Crippen LogP contribution in [0, 0.1) is 6.92 Å². The van der Waals surface area contributed by atoms with Crippen LogP contribution >= 0.6 is 0 Å². The summed E-state index contributed by atoms with van der Waals surface area (Å²) in [4.78, 5) is 7.74. The molecule has 0 aliphatic heterocycles. The maximum Gasteiger partial charge on any atom is 0.255 e. The maximum absolute atomic E-state index is 11.9. The zero-order valence-electron chi connectivity index (χ0n) is 7.59. The van der Waals surface area contributed by atoms with Crippen LogP contribution in [0.15, 0.2) is 6.07 Å². The Morgan fingerprint density at radius 2 is 2.21 bits per heavy atom. The molecule has 14 heavy (non-hydrogen) atoms. The number of hydrogen-bond donors (Lipinski definition) is 3. The smallest absolute Gasteiger partial charge is 0.255 e. The van der Waals surface area contributed by atoms with E-state index < -0.39 is 13.0 Å². The summed E-state index contributed by atoms with van der Waals surface area (Å²) in [5, 5.41) is 2.46. The van der Waals surface area contributed by atoms with Crippen molar-refractivity contribution in [3.63, 3.8) is 0 Å². The average molecular weight is 203 g/mol. The van der Waals surface area contributed by atoms with Crippen molar-refractivity contribution in [3.8, 4) is 0 Å². The summed E-state index contributed by atoms with van der Waals surface area (Å²) < 4.78 is 23.7. The third kappa shape index (κ3) is 3.09. The minimum atomic E-state index is -2.42. The van der Waals surface area contributed by atoms with E-state index in [0.29, 0.717) is 11.5 Å². The molecule has 0 aliphatic carbocycles. The molecule has 0 unspecified atom stereocenters. The van der Waals surface area contributed by atoms with Crippen LogP contribution in [0.25, 0.3) is 0 Å². The highest BCUT2D eigenvalue weighted by Gasteiger charge is 2.04. The highest BCUT2D eigenvalue weighted by atomic mass is 19.3. The van der Waals surface area contributed by atoms with E-state index in [1.54, 1.807) is 13.0 Å². The highest BCUT2D eigenvalue weighted by molar-refractivity contribution is 5.41. The molecule has 4 N–H and O–H groups in total. The number of anilines is 2. The van der Waals surface area contributed by atoms with Gasteiger partial charge in [-0.25, -0.2) is 19.6 Å². The number of nitrogen functional groups attached to an aromatic ring is 1. The first-order chi connectivity index (χ1) is 6.61. The Bertz CT molecular complexity index is 304. The first-order valence-electron chi connectivity index (χ1n) is 3.96. The molecule has 1 aromatic heterocycles. The largest absolute Gasteiger partial charge is 0.364 e. The van der Waals surface area contributed by atoms with Gasteiger partial charge in [0, 0.05) is 11.8 Å². The number of rotatable bonds is 4. The van der Waals surface area contributed by atoms with Gasteiger partial charge in [0.25, 0.3) is 6.43 Å². The predicted molar refractivity (Wildman–Crippen MR) is 49.1 cm³/mol. The molecule has 1 rings (SSSR count). The van der Waals surface area contributed by atoms with E-state index in [0.717, 1.165) is 0 Å². The number of nitrogens with zero attached hydrogens (tertiary/aromatic N) is 2. The summed E-state index contributed by atoms with van der Waals surface area (Å²) in [6.45, 7) is 1.27. The van der Waals surface area contributed by atoms with E-state index in [1.165, 1.54) is 0 Å². The lowest BCUT2D eigenvalue weighted by Crippen LogP contribution is -2.15. The molecule has 0 amide bonds. The highest BCUT2D eigenvalue weighted by Crippen LogP contribution is 2.08. The van der Waals surface area contributed by atoms with Gasteiger partial charge in [0.05, 0.1) is 6.54 Å². The molecule has 0 saturated carbocycles. The fourth-order valence-electron chi connectivity index (χ4n) is 0.905. The van der Waals surface area contributed by atoms with Gasteiger partial charge in [0.2, 0.25) is 5.95 Å². The Morgan fingerprint density at radius 1 is 1.50 bits per heavy atom. The molecule has 0 aliphatic rings. The van der Waals surface area contributed by atoms with Crippen molar-refractivity contribution in [2.45, 2.75) is 13.3 Å². The van der Waals surface area contributed by atoms with Crippen LogP contribution in [-0.4, -0.2) is 22.9 Å². The zero-order valence-corrected chi connectivity index (χ0v) is 7.59. The Kier molecular flexibility index (Phi) is 3.52. The number of aryl methyl sites for hydroxylation is 1. The fraction of sp³-hybridized carbons (Fsp3) is 0.429. The third-order valence-electron chi connectivity index (χ3n) is 1.42. The van der Waals surface area contributed by atoms with Crippen LogP contribution in [0.1, 0.15) is 5.69 Å². The molecular weight excluding hydrogens is 192 g/mol. The Morgan fingerprint density at radius 3 is 2.79 bits per heavy atom. The Hall–Kier alpha value is -1.50. The lowest BCUT2D eigenvalue weighted by Gasteiger charge is -2.07. The molecule has 78 valence electrons. The molecule has 0 spiro atoms. The van der Waals surface area contributed by atoms with Gasteiger partial charge in [-0.05, 0) is 6.92 Å². The van der Waals surface area contributed by atoms with E-state index in [4.69, 9.17) is 5.84 Å². The SMILES string of the molecule is Cc1cc(NCC(F)F)nc(NN)n1. The number of nitrogens with one attached hydrogen (secondary N) is 2. The number of alkyl halides is 2. The van der Waals surface area contributed by atoms with Crippen molar-refractivity contribution in [1.82, 2.24) is 9.97 Å². The van der Waals surface area contributed by atoms with E-state index in [-0.39, 0.29) is 5.95 Å². The molecule has 0 radical (unpaired) electrons. The minimum absolute atomic E-state index is 0.196. The van der Waals surface area contributed by atoms with Gasteiger partial charge in [-0.15, -0.1) is 0 Å². The van der Waals surface area contributed by atoms with Crippen molar-refractivity contribution in [2.75, 3.05) is 17.3 Å². The van der Waals surface area contributed by atoms with E-state index in [1.807, 2.05) is 0 Å². The molecule has 0 fully saturated rings. The lowest BCUT2D eigenvalue weighted by atomic mass is 10.4. The fourth-order valence-corrected chi connectivity index (χ4v) is 0.905. The first kappa shape index (κ1) is 10.6. The summed E-state index contributed by atoms with van der Waals surface area (Å²) in [5.41, 5.74) is 2.89. The molecule has 7 heteroatoms. The summed E-state index contributed by atoms with van der Waals surface area (Å²) in [5.74, 6) is 5.61. The van der Waals surface area contributed by atoms with Crippen molar-refractivity contribution >= 4 is 11.8 Å². The lowest BCUT2D eigenvalue weighted by molar-refractivity contribution is 0.163. The number of halogens is 2. The van der Waals surface area contributed by atoms with E-state index >= 15 is 0 Å². The molecule has 5 nitrogen and oxygen atoms in total. The third-order valence-corrected chi connectivity index (χ3v) is 1.42. The maximum atomic E-state index is 11.9. The topological polar surface area (TPSA) is 75.9 Å². The van der Waals surface area contributed by atoms with Gasteiger partial charge in [-0.2, -0.15) is 4.98 Å². The van der Waals surface area contributed by atoms with Gasteiger partial charge >= 0.3 is 0 Å². The van der Waals surface area contributed by atoms with Gasteiger partial charge in [0.1, 0.15) is 5.82 Å². The van der Waals surface area contributed by atoms with Crippen LogP contribution in [-0.2, 0) is 0 Å². The summed E-state index contributed by atoms with van der Waals surface area (Å²) in [7, 11) is 0. The molecule has 0 bridgehead atoms. The Balaban J connectivity index is 2.71. The summed E-state index contributed by atoms with van der Waals surface area (Å²) in [6.07, 6.45) is -2.42. The van der Waals surface area contributed by atoms with Crippen LogP contribution in [0.3, 0.4) is 0 Å². The summed E-state index contributed by atoms with van der Waals surface area (Å²) in [6, 6.07) is 1.56. The van der Waals surface area contributed by atoms with Gasteiger partial charge in [-0.1, -0.05) is 0 Å². The van der Waals surface area contributed by atoms with E-state index in [2.05, 4.69) is 20.7 Å². The number of nitrogens with two attached hydrogens (primary N) is 1.